The second-order valence-corrected chi connectivity index (χ2v) is 4.60. The van der Waals surface area contributed by atoms with Crippen LogP contribution in [0.4, 0.5) is 0 Å². The molecule has 1 fully saturated rings. The lowest BCUT2D eigenvalue weighted by molar-refractivity contribution is -0.148. The molecule has 1 amide bonds. The molecule has 1 aromatic rings. The maximum atomic E-state index is 12.0. The van der Waals surface area contributed by atoms with E-state index in [0.29, 0.717) is 19.4 Å². The minimum Gasteiger partial charge on any atom is -0.481 e. The maximum Gasteiger partial charge on any atom is 0.311 e. The third kappa shape index (κ3) is 2.20. The normalized spacial score (nSPS) is 23.3. The number of carbonyl (C=O) groups is 2. The summed E-state index contributed by atoms with van der Waals surface area (Å²) in [6.07, 6.45) is 4.17. The van der Waals surface area contributed by atoms with E-state index in [0.717, 1.165) is 0 Å². The molecule has 0 aromatic carbocycles. The first-order valence-electron chi connectivity index (χ1n) is 5.93. The Bertz CT molecular complexity index is 445. The molecule has 0 spiro atoms. The molecule has 0 bridgehead atoms. The first kappa shape index (κ1) is 12.5. The highest BCUT2D eigenvalue weighted by Crippen LogP contribution is 2.34. The quantitative estimate of drug-likeness (QED) is 0.814. The van der Waals surface area contributed by atoms with Crippen LogP contribution in [0, 0.1) is 5.41 Å². The van der Waals surface area contributed by atoms with E-state index in [9.17, 15) is 14.7 Å². The number of carbonyl (C=O) groups excluding carboxylic acids is 1. The predicted octanol–water partition coefficient (Wildman–Crippen LogP) is -0.00860. The van der Waals surface area contributed by atoms with Gasteiger partial charge in [-0.25, -0.2) is 4.68 Å². The van der Waals surface area contributed by atoms with E-state index in [2.05, 4.69) is 10.3 Å². The van der Waals surface area contributed by atoms with E-state index in [1.807, 2.05) is 6.92 Å². The zero-order valence-corrected chi connectivity index (χ0v) is 10.2. The van der Waals surface area contributed by atoms with Crippen LogP contribution >= 0.6 is 0 Å². The molecule has 7 heteroatoms. The summed E-state index contributed by atoms with van der Waals surface area (Å²) in [7, 11) is 0. The van der Waals surface area contributed by atoms with Crippen LogP contribution in [0.2, 0.25) is 0 Å². The molecule has 1 atom stereocenters. The van der Waals surface area contributed by atoms with Gasteiger partial charge in [-0.05, 0) is 12.8 Å². The van der Waals surface area contributed by atoms with Crippen molar-refractivity contribution in [3.63, 3.8) is 0 Å². The van der Waals surface area contributed by atoms with Gasteiger partial charge in [-0.2, -0.15) is 0 Å². The summed E-state index contributed by atoms with van der Waals surface area (Å²) in [6.45, 7) is 2.74. The number of rotatable bonds is 4. The summed E-state index contributed by atoms with van der Waals surface area (Å²) in [4.78, 5) is 24.9. The van der Waals surface area contributed by atoms with Gasteiger partial charge >= 0.3 is 5.97 Å². The van der Waals surface area contributed by atoms with Crippen LogP contribution in [0.25, 0.3) is 0 Å². The van der Waals surface area contributed by atoms with Crippen molar-refractivity contribution in [2.75, 3.05) is 13.1 Å². The molecule has 0 saturated carbocycles. The maximum absolute atomic E-state index is 12.0. The predicted molar refractivity (Wildman–Crippen MR) is 61.6 cm³/mol. The zero-order chi connectivity index (χ0) is 13.2. The molecular formula is C11H16N4O3. The third-order valence-corrected chi connectivity index (χ3v) is 3.61. The van der Waals surface area contributed by atoms with Crippen molar-refractivity contribution in [3.8, 4) is 0 Å². The van der Waals surface area contributed by atoms with E-state index in [1.165, 1.54) is 10.9 Å². The minimum absolute atomic E-state index is 0.111. The number of amides is 1. The lowest BCUT2D eigenvalue weighted by Crippen LogP contribution is -2.37. The highest BCUT2D eigenvalue weighted by molar-refractivity contribution is 5.80. The summed E-state index contributed by atoms with van der Waals surface area (Å²) < 4.78 is 1.44. The van der Waals surface area contributed by atoms with Crippen LogP contribution in [0.3, 0.4) is 0 Å². The van der Waals surface area contributed by atoms with Gasteiger partial charge in [-0.15, -0.1) is 5.10 Å². The van der Waals surface area contributed by atoms with Crippen molar-refractivity contribution < 1.29 is 14.7 Å². The van der Waals surface area contributed by atoms with Gasteiger partial charge in [-0.1, -0.05) is 12.1 Å². The van der Waals surface area contributed by atoms with Gasteiger partial charge < -0.3 is 10.0 Å². The molecular weight excluding hydrogens is 236 g/mol. The molecule has 18 heavy (non-hydrogen) atoms. The van der Waals surface area contributed by atoms with Crippen LogP contribution in [-0.2, 0) is 16.1 Å². The van der Waals surface area contributed by atoms with Crippen LogP contribution in [0.5, 0.6) is 0 Å². The number of likely N-dealkylation sites (tertiary alicyclic amines) is 1. The Morgan fingerprint density at radius 2 is 2.28 bits per heavy atom. The fourth-order valence-corrected chi connectivity index (χ4v) is 2.26. The Labute approximate surface area is 104 Å². The summed E-state index contributed by atoms with van der Waals surface area (Å²) in [6, 6.07) is 0. The Morgan fingerprint density at radius 1 is 1.50 bits per heavy atom. The summed E-state index contributed by atoms with van der Waals surface area (Å²) in [5, 5.41) is 16.6. The molecule has 1 aliphatic heterocycles. The minimum atomic E-state index is -0.818. The van der Waals surface area contributed by atoms with Crippen molar-refractivity contribution >= 4 is 11.9 Å². The first-order chi connectivity index (χ1) is 8.57. The fourth-order valence-electron chi connectivity index (χ4n) is 2.26. The summed E-state index contributed by atoms with van der Waals surface area (Å²) in [5.74, 6) is -0.932. The molecule has 1 aliphatic rings. The molecule has 1 saturated heterocycles. The number of aromatic nitrogens is 3. The molecule has 98 valence electrons. The smallest absolute Gasteiger partial charge is 0.311 e. The number of carboxylic acid groups (broad SMARTS) is 1. The van der Waals surface area contributed by atoms with Gasteiger partial charge in [0, 0.05) is 19.3 Å². The lowest BCUT2D eigenvalue weighted by atomic mass is 9.84. The SMILES string of the molecule is CCC1(C(=O)O)CCN(C(=O)Cn2ccnn2)C1. The Kier molecular flexibility index (Phi) is 3.31. The number of nitrogens with zero attached hydrogens (tertiary/aromatic N) is 4. The summed E-state index contributed by atoms with van der Waals surface area (Å²) >= 11 is 0. The molecule has 2 rings (SSSR count). The topological polar surface area (TPSA) is 88.3 Å². The average Bonchev–Trinajstić information content (AvgIpc) is 2.97. The van der Waals surface area contributed by atoms with E-state index < -0.39 is 11.4 Å². The van der Waals surface area contributed by atoms with Crippen LogP contribution in [0.1, 0.15) is 19.8 Å². The zero-order valence-electron chi connectivity index (χ0n) is 10.2. The molecule has 1 aromatic heterocycles. The Hall–Kier alpha value is -1.92. The molecule has 0 radical (unpaired) electrons. The van der Waals surface area contributed by atoms with Crippen LogP contribution in [-0.4, -0.2) is 50.0 Å². The average molecular weight is 252 g/mol. The van der Waals surface area contributed by atoms with E-state index >= 15 is 0 Å². The van der Waals surface area contributed by atoms with Crippen LogP contribution in [0.15, 0.2) is 12.4 Å². The number of hydrogen-bond acceptors (Lipinski definition) is 4. The van der Waals surface area contributed by atoms with Gasteiger partial charge in [0.2, 0.25) is 5.91 Å². The van der Waals surface area contributed by atoms with E-state index in [1.54, 1.807) is 11.1 Å². The Morgan fingerprint density at radius 3 is 2.78 bits per heavy atom. The lowest BCUT2D eigenvalue weighted by Gasteiger charge is -2.23. The van der Waals surface area contributed by atoms with Gasteiger partial charge in [0.05, 0.1) is 11.6 Å². The van der Waals surface area contributed by atoms with Crippen LogP contribution < -0.4 is 0 Å². The van der Waals surface area contributed by atoms with Gasteiger partial charge in [0.15, 0.2) is 0 Å². The van der Waals surface area contributed by atoms with Crippen molar-refractivity contribution in [1.82, 2.24) is 19.9 Å². The van der Waals surface area contributed by atoms with E-state index in [-0.39, 0.29) is 19.0 Å². The molecule has 1 N–H and O–H groups in total. The molecule has 7 nitrogen and oxygen atoms in total. The van der Waals surface area contributed by atoms with Crippen molar-refractivity contribution in [1.29, 1.82) is 0 Å². The molecule has 1 unspecified atom stereocenters. The first-order valence-corrected chi connectivity index (χ1v) is 5.93. The largest absolute Gasteiger partial charge is 0.481 e. The van der Waals surface area contributed by atoms with Gasteiger partial charge in [-0.3, -0.25) is 9.59 Å². The number of hydrogen-bond donors (Lipinski definition) is 1. The molecule has 0 aliphatic carbocycles. The summed E-state index contributed by atoms with van der Waals surface area (Å²) in [5.41, 5.74) is -0.780. The second-order valence-electron chi connectivity index (χ2n) is 4.60. The highest BCUT2D eigenvalue weighted by Gasteiger charge is 2.44. The third-order valence-electron chi connectivity index (χ3n) is 3.61. The van der Waals surface area contributed by atoms with Crippen molar-refractivity contribution in [2.45, 2.75) is 26.3 Å². The number of aliphatic carboxylic acids is 1. The molecule has 2 heterocycles. The van der Waals surface area contributed by atoms with Crippen molar-refractivity contribution in [3.05, 3.63) is 12.4 Å². The van der Waals surface area contributed by atoms with Gasteiger partial charge in [0.25, 0.3) is 0 Å². The monoisotopic (exact) mass is 252 g/mol. The van der Waals surface area contributed by atoms with Gasteiger partial charge in [0.1, 0.15) is 6.54 Å². The second kappa shape index (κ2) is 4.75. The fraction of sp³-hybridized carbons (Fsp3) is 0.636. The van der Waals surface area contributed by atoms with E-state index in [4.69, 9.17) is 0 Å². The standard InChI is InChI=1S/C11H16N4O3/c1-2-11(10(17)18)3-5-14(8-11)9(16)7-15-6-4-12-13-15/h4,6H,2-3,5,7-8H2,1H3,(H,17,18). The highest BCUT2D eigenvalue weighted by atomic mass is 16.4. The Balaban J connectivity index is 2.00. The van der Waals surface area contributed by atoms with Crippen molar-refractivity contribution in [2.24, 2.45) is 5.41 Å². The number of carboxylic acids is 1.